The summed E-state index contributed by atoms with van der Waals surface area (Å²) in [7, 11) is 0. The Labute approximate surface area is 87.3 Å². The molecule has 0 saturated heterocycles. The fourth-order valence-electron chi connectivity index (χ4n) is 1.08. The van der Waals surface area contributed by atoms with Crippen LogP contribution in [-0.4, -0.2) is 34.1 Å². The van der Waals surface area contributed by atoms with Gasteiger partial charge in [-0.25, -0.2) is 4.79 Å². The number of carbonyl (C=O) groups excluding carboxylic acids is 1. The number of carboxylic acid groups (broad SMARTS) is 2. The van der Waals surface area contributed by atoms with Gasteiger partial charge in [-0.15, -0.1) is 0 Å². The molecule has 0 heterocycles. The molecule has 1 amide bonds. The predicted octanol–water partition coefficient (Wildman–Crippen LogP) is 0.0766. The molecular weight excluding hydrogens is 202 g/mol. The van der Waals surface area contributed by atoms with Crippen molar-refractivity contribution >= 4 is 17.8 Å². The first-order valence-electron chi connectivity index (χ1n) is 4.57. The highest BCUT2D eigenvalue weighted by Gasteiger charge is 2.21. The Morgan fingerprint density at radius 3 is 2.07 bits per heavy atom. The van der Waals surface area contributed by atoms with Gasteiger partial charge in [-0.3, -0.25) is 9.59 Å². The molecule has 86 valence electrons. The van der Waals surface area contributed by atoms with E-state index in [4.69, 9.17) is 10.2 Å². The minimum absolute atomic E-state index is 0.108. The third-order valence-electron chi connectivity index (χ3n) is 1.65. The maximum atomic E-state index is 11.0. The van der Waals surface area contributed by atoms with Crippen molar-refractivity contribution in [3.8, 4) is 0 Å². The lowest BCUT2D eigenvalue weighted by Crippen LogP contribution is -2.42. The molecule has 6 nitrogen and oxygen atoms in total. The molecule has 0 aliphatic carbocycles. The van der Waals surface area contributed by atoms with Crippen LogP contribution in [-0.2, 0) is 14.4 Å². The van der Waals surface area contributed by atoms with E-state index in [0.717, 1.165) is 0 Å². The van der Waals surface area contributed by atoms with E-state index in [0.29, 0.717) is 0 Å². The highest BCUT2D eigenvalue weighted by atomic mass is 16.4. The topological polar surface area (TPSA) is 104 Å². The number of nitrogens with one attached hydrogen (secondary N) is 1. The van der Waals surface area contributed by atoms with Gasteiger partial charge < -0.3 is 15.5 Å². The molecular formula is C9H15NO5. The Morgan fingerprint density at radius 2 is 1.73 bits per heavy atom. The fraction of sp³-hybridized carbons (Fsp3) is 0.667. The highest BCUT2D eigenvalue weighted by molar-refractivity contribution is 5.95. The van der Waals surface area contributed by atoms with Crippen molar-refractivity contribution in [2.45, 2.75) is 32.7 Å². The molecule has 0 aromatic rings. The molecule has 0 aromatic heterocycles. The van der Waals surface area contributed by atoms with E-state index in [9.17, 15) is 14.4 Å². The van der Waals surface area contributed by atoms with Crippen LogP contribution in [0.1, 0.15) is 26.7 Å². The van der Waals surface area contributed by atoms with E-state index in [1.807, 2.05) is 13.8 Å². The SMILES string of the molecule is CC(C)C[C@H](NC(=O)CC(=O)O)C(=O)O. The molecule has 0 rings (SSSR count). The zero-order valence-corrected chi connectivity index (χ0v) is 8.69. The number of carboxylic acids is 2. The van der Waals surface area contributed by atoms with Crippen molar-refractivity contribution in [3.63, 3.8) is 0 Å². The van der Waals surface area contributed by atoms with E-state index in [1.165, 1.54) is 0 Å². The van der Waals surface area contributed by atoms with Crippen molar-refractivity contribution in [1.29, 1.82) is 0 Å². The van der Waals surface area contributed by atoms with E-state index < -0.39 is 30.3 Å². The summed E-state index contributed by atoms with van der Waals surface area (Å²) in [6, 6.07) is -1.02. The Bertz CT molecular complexity index is 261. The van der Waals surface area contributed by atoms with Crippen LogP contribution in [0.2, 0.25) is 0 Å². The summed E-state index contributed by atoms with van der Waals surface area (Å²) in [6.45, 7) is 3.64. The maximum absolute atomic E-state index is 11.0. The normalized spacial score (nSPS) is 12.2. The van der Waals surface area contributed by atoms with Crippen molar-refractivity contribution in [3.05, 3.63) is 0 Å². The van der Waals surface area contributed by atoms with Crippen LogP contribution in [0.15, 0.2) is 0 Å². The standard InChI is InChI=1S/C9H15NO5/c1-5(2)3-6(9(14)15)10-7(11)4-8(12)13/h5-6H,3-4H2,1-2H3,(H,10,11)(H,12,13)(H,14,15)/t6-/m0/s1. The lowest BCUT2D eigenvalue weighted by atomic mass is 10.0. The van der Waals surface area contributed by atoms with Gasteiger partial charge in [0.1, 0.15) is 12.5 Å². The zero-order valence-electron chi connectivity index (χ0n) is 8.69. The molecule has 0 saturated carbocycles. The van der Waals surface area contributed by atoms with Gasteiger partial charge in [-0.1, -0.05) is 13.8 Å². The molecule has 0 aromatic carbocycles. The maximum Gasteiger partial charge on any atom is 0.326 e. The molecule has 0 spiro atoms. The molecule has 15 heavy (non-hydrogen) atoms. The first-order chi connectivity index (χ1) is 6.82. The molecule has 0 bridgehead atoms. The van der Waals surface area contributed by atoms with Gasteiger partial charge in [-0.2, -0.15) is 0 Å². The molecule has 0 unspecified atom stereocenters. The monoisotopic (exact) mass is 217 g/mol. The van der Waals surface area contributed by atoms with Crippen LogP contribution in [0.3, 0.4) is 0 Å². The van der Waals surface area contributed by atoms with Gasteiger partial charge in [0.15, 0.2) is 0 Å². The lowest BCUT2D eigenvalue weighted by Gasteiger charge is -2.15. The minimum atomic E-state index is -1.28. The Balaban J connectivity index is 4.22. The van der Waals surface area contributed by atoms with Gasteiger partial charge in [0, 0.05) is 0 Å². The van der Waals surface area contributed by atoms with Crippen LogP contribution in [0, 0.1) is 5.92 Å². The van der Waals surface area contributed by atoms with Crippen LogP contribution in [0.4, 0.5) is 0 Å². The summed E-state index contributed by atoms with van der Waals surface area (Å²) >= 11 is 0. The third kappa shape index (κ3) is 6.48. The summed E-state index contributed by atoms with van der Waals surface area (Å²) in [5, 5.41) is 19.2. The minimum Gasteiger partial charge on any atom is -0.481 e. The number of aliphatic carboxylic acids is 2. The second-order valence-corrected chi connectivity index (χ2v) is 3.66. The summed E-state index contributed by atoms with van der Waals surface area (Å²) < 4.78 is 0. The second kappa shape index (κ2) is 6.00. The second-order valence-electron chi connectivity index (χ2n) is 3.66. The van der Waals surface area contributed by atoms with Crippen molar-refractivity contribution < 1.29 is 24.6 Å². The lowest BCUT2D eigenvalue weighted by molar-refractivity contribution is -0.145. The molecule has 6 heteroatoms. The van der Waals surface area contributed by atoms with Gasteiger partial charge >= 0.3 is 11.9 Å². The number of hydrogen-bond donors (Lipinski definition) is 3. The first-order valence-corrected chi connectivity index (χ1v) is 4.57. The zero-order chi connectivity index (χ0) is 12.0. The number of amides is 1. The number of hydrogen-bond acceptors (Lipinski definition) is 3. The van der Waals surface area contributed by atoms with Gasteiger partial charge in [0.05, 0.1) is 0 Å². The van der Waals surface area contributed by atoms with E-state index in [1.54, 1.807) is 0 Å². The first kappa shape index (κ1) is 13.4. The summed E-state index contributed by atoms with van der Waals surface area (Å²) in [5.41, 5.74) is 0. The fourth-order valence-corrected chi connectivity index (χ4v) is 1.08. The molecule has 1 atom stereocenters. The van der Waals surface area contributed by atoms with Gasteiger partial charge in [-0.05, 0) is 12.3 Å². The van der Waals surface area contributed by atoms with E-state index in [2.05, 4.69) is 5.32 Å². The van der Waals surface area contributed by atoms with Crippen LogP contribution < -0.4 is 5.32 Å². The summed E-state index contributed by atoms with van der Waals surface area (Å²) in [4.78, 5) is 31.9. The average molecular weight is 217 g/mol. The van der Waals surface area contributed by atoms with Crippen molar-refractivity contribution in [1.82, 2.24) is 5.32 Å². The largest absolute Gasteiger partial charge is 0.481 e. The molecule has 0 radical (unpaired) electrons. The average Bonchev–Trinajstić information content (AvgIpc) is 1.99. The summed E-state index contributed by atoms with van der Waals surface area (Å²) in [5.74, 6) is -3.10. The van der Waals surface area contributed by atoms with Gasteiger partial charge in [0.2, 0.25) is 5.91 Å². The molecule has 0 fully saturated rings. The Morgan fingerprint density at radius 1 is 1.20 bits per heavy atom. The molecule has 0 aliphatic heterocycles. The third-order valence-corrected chi connectivity index (χ3v) is 1.65. The Hall–Kier alpha value is -1.59. The molecule has 3 N–H and O–H groups in total. The van der Waals surface area contributed by atoms with Crippen LogP contribution in [0.5, 0.6) is 0 Å². The smallest absolute Gasteiger partial charge is 0.326 e. The highest BCUT2D eigenvalue weighted by Crippen LogP contribution is 2.05. The van der Waals surface area contributed by atoms with Crippen molar-refractivity contribution in [2.75, 3.05) is 0 Å². The molecule has 0 aliphatic rings. The number of carbonyl (C=O) groups is 3. The van der Waals surface area contributed by atoms with E-state index in [-0.39, 0.29) is 12.3 Å². The van der Waals surface area contributed by atoms with E-state index >= 15 is 0 Å². The van der Waals surface area contributed by atoms with Crippen LogP contribution in [0.25, 0.3) is 0 Å². The van der Waals surface area contributed by atoms with Gasteiger partial charge in [0.25, 0.3) is 0 Å². The quantitative estimate of drug-likeness (QED) is 0.546. The number of rotatable bonds is 6. The van der Waals surface area contributed by atoms with Crippen LogP contribution >= 0.6 is 0 Å². The van der Waals surface area contributed by atoms with Crippen molar-refractivity contribution in [2.24, 2.45) is 5.92 Å². The summed E-state index contributed by atoms with van der Waals surface area (Å²) in [6.07, 6.45) is -0.428. The Kier molecular flexibility index (Phi) is 5.36. The predicted molar refractivity (Wildman–Crippen MR) is 51.3 cm³/mol.